The summed E-state index contributed by atoms with van der Waals surface area (Å²) < 4.78 is 5.21. The van der Waals surface area contributed by atoms with Crippen molar-refractivity contribution in [2.45, 2.75) is 51.8 Å². The molecule has 1 aliphatic rings. The largest absolute Gasteiger partial charge is 0.460 e. The van der Waals surface area contributed by atoms with Crippen LogP contribution in [0.1, 0.15) is 60.7 Å². The van der Waals surface area contributed by atoms with E-state index in [0.29, 0.717) is 24.0 Å². The van der Waals surface area contributed by atoms with E-state index in [4.69, 9.17) is 10.5 Å². The van der Waals surface area contributed by atoms with Gasteiger partial charge >= 0.3 is 5.97 Å². The first kappa shape index (κ1) is 17.1. The molecule has 2 rings (SSSR count). The zero-order valence-electron chi connectivity index (χ0n) is 13.7. The lowest BCUT2D eigenvalue weighted by Crippen LogP contribution is -2.45. The normalized spacial score (nSPS) is 15.6. The number of amides is 2. The number of fused-ring (bicyclic) bond motifs is 1. The average Bonchev–Trinajstić information content (AvgIpc) is 2.69. The van der Waals surface area contributed by atoms with Crippen LogP contribution in [0.5, 0.6) is 0 Å². The number of carbonyl (C=O) groups excluding carboxylic acids is 3. The zero-order chi connectivity index (χ0) is 17.2. The second-order valence-corrected chi connectivity index (χ2v) is 6.57. The predicted octanol–water partition coefficient (Wildman–Crippen LogP) is 2.08. The van der Waals surface area contributed by atoms with E-state index in [2.05, 4.69) is 0 Å². The lowest BCUT2D eigenvalue weighted by Gasteiger charge is -2.23. The standard InChI is InChI=1S/C17H22N2O4/c1-17(2,3)23-14(20)10-6-9-13(18)19-15(21)11-7-4-5-8-12(11)16(19)22/h4-5,7-8,13H,6,9-10,18H2,1-3H3. The maximum Gasteiger partial charge on any atom is 0.306 e. The highest BCUT2D eigenvalue weighted by atomic mass is 16.6. The van der Waals surface area contributed by atoms with Crippen LogP contribution >= 0.6 is 0 Å². The number of ether oxygens (including phenoxy) is 1. The summed E-state index contributed by atoms with van der Waals surface area (Å²) in [5, 5.41) is 0. The van der Waals surface area contributed by atoms with Crippen molar-refractivity contribution in [2.75, 3.05) is 0 Å². The fraction of sp³-hybridized carbons (Fsp3) is 0.471. The number of carbonyl (C=O) groups is 3. The number of hydrogen-bond acceptors (Lipinski definition) is 5. The fourth-order valence-corrected chi connectivity index (χ4v) is 2.49. The average molecular weight is 318 g/mol. The Morgan fingerprint density at radius 2 is 1.70 bits per heavy atom. The summed E-state index contributed by atoms with van der Waals surface area (Å²) in [4.78, 5) is 37.3. The number of benzene rings is 1. The summed E-state index contributed by atoms with van der Waals surface area (Å²) in [5.41, 5.74) is 6.21. The minimum atomic E-state index is -0.746. The van der Waals surface area contributed by atoms with Crippen molar-refractivity contribution < 1.29 is 19.1 Å². The molecule has 6 heteroatoms. The van der Waals surface area contributed by atoms with Gasteiger partial charge in [-0.05, 0) is 45.7 Å². The molecule has 0 aromatic heterocycles. The van der Waals surface area contributed by atoms with Crippen molar-refractivity contribution >= 4 is 17.8 Å². The molecule has 0 fully saturated rings. The van der Waals surface area contributed by atoms with Crippen LogP contribution in [0.25, 0.3) is 0 Å². The molecule has 124 valence electrons. The molecule has 1 heterocycles. The highest BCUT2D eigenvalue weighted by Crippen LogP contribution is 2.24. The molecule has 23 heavy (non-hydrogen) atoms. The first-order chi connectivity index (χ1) is 10.7. The van der Waals surface area contributed by atoms with Gasteiger partial charge in [-0.15, -0.1) is 0 Å². The van der Waals surface area contributed by atoms with Crippen LogP contribution in [0.3, 0.4) is 0 Å². The lowest BCUT2D eigenvalue weighted by atomic mass is 10.1. The van der Waals surface area contributed by atoms with Crippen molar-refractivity contribution in [1.29, 1.82) is 0 Å². The predicted molar refractivity (Wildman–Crippen MR) is 84.6 cm³/mol. The zero-order valence-corrected chi connectivity index (χ0v) is 13.7. The highest BCUT2D eigenvalue weighted by molar-refractivity contribution is 6.21. The highest BCUT2D eigenvalue weighted by Gasteiger charge is 2.38. The second kappa shape index (κ2) is 6.50. The van der Waals surface area contributed by atoms with E-state index in [1.54, 1.807) is 45.0 Å². The van der Waals surface area contributed by atoms with Crippen LogP contribution in [0.4, 0.5) is 0 Å². The van der Waals surface area contributed by atoms with E-state index >= 15 is 0 Å². The third-order valence-corrected chi connectivity index (χ3v) is 3.46. The molecule has 0 aliphatic carbocycles. The monoisotopic (exact) mass is 318 g/mol. The van der Waals surface area contributed by atoms with Gasteiger partial charge in [0.15, 0.2) is 0 Å². The van der Waals surface area contributed by atoms with Gasteiger partial charge in [0, 0.05) is 6.42 Å². The summed E-state index contributed by atoms with van der Waals surface area (Å²) >= 11 is 0. The first-order valence-corrected chi connectivity index (χ1v) is 7.65. The van der Waals surface area contributed by atoms with Gasteiger partial charge in [-0.1, -0.05) is 12.1 Å². The molecule has 0 bridgehead atoms. The molecule has 1 aromatic rings. The summed E-state index contributed by atoms with van der Waals surface area (Å²) in [5.74, 6) is -1.07. The molecule has 2 amide bonds. The van der Waals surface area contributed by atoms with Crippen LogP contribution < -0.4 is 5.73 Å². The Labute approximate surface area is 135 Å². The molecule has 0 radical (unpaired) electrons. The van der Waals surface area contributed by atoms with Crippen LogP contribution in [-0.2, 0) is 9.53 Å². The fourth-order valence-electron chi connectivity index (χ4n) is 2.49. The van der Waals surface area contributed by atoms with Gasteiger partial charge in [0.25, 0.3) is 11.8 Å². The van der Waals surface area contributed by atoms with Gasteiger partial charge in [0.05, 0.1) is 17.3 Å². The van der Waals surface area contributed by atoms with Gasteiger partial charge in [0.2, 0.25) is 0 Å². The second-order valence-electron chi connectivity index (χ2n) is 6.57. The van der Waals surface area contributed by atoms with Gasteiger partial charge in [-0.25, -0.2) is 0 Å². The summed E-state index contributed by atoms with van der Waals surface area (Å²) in [6.07, 6.45) is 0.257. The van der Waals surface area contributed by atoms with Crippen molar-refractivity contribution in [3.05, 3.63) is 35.4 Å². The molecular formula is C17H22N2O4. The minimum Gasteiger partial charge on any atom is -0.460 e. The first-order valence-electron chi connectivity index (χ1n) is 7.65. The SMILES string of the molecule is CC(C)(C)OC(=O)CCCC(N)N1C(=O)c2ccccc2C1=O. The molecular weight excluding hydrogens is 296 g/mol. The Kier molecular flexibility index (Phi) is 4.85. The topological polar surface area (TPSA) is 89.7 Å². The summed E-state index contributed by atoms with van der Waals surface area (Å²) in [6, 6.07) is 6.65. The van der Waals surface area contributed by atoms with Gasteiger partial charge < -0.3 is 10.5 Å². The molecule has 0 saturated heterocycles. The number of esters is 1. The number of nitrogens with two attached hydrogens (primary N) is 1. The Morgan fingerprint density at radius 1 is 1.17 bits per heavy atom. The van der Waals surface area contributed by atoms with Crippen LogP contribution in [0, 0.1) is 0 Å². The molecule has 0 saturated carbocycles. The van der Waals surface area contributed by atoms with Gasteiger partial charge in [-0.2, -0.15) is 0 Å². The Morgan fingerprint density at radius 3 is 2.17 bits per heavy atom. The minimum absolute atomic E-state index is 0.203. The smallest absolute Gasteiger partial charge is 0.306 e. The number of rotatable bonds is 5. The molecule has 1 atom stereocenters. The summed E-state index contributed by atoms with van der Waals surface area (Å²) in [6.45, 7) is 5.40. The van der Waals surface area contributed by atoms with E-state index < -0.39 is 11.8 Å². The van der Waals surface area contributed by atoms with Crippen molar-refractivity contribution in [2.24, 2.45) is 5.73 Å². The molecule has 6 nitrogen and oxygen atoms in total. The van der Waals surface area contributed by atoms with Crippen molar-refractivity contribution in [3.8, 4) is 0 Å². The lowest BCUT2D eigenvalue weighted by molar-refractivity contribution is -0.154. The molecule has 1 aromatic carbocycles. The maximum atomic E-state index is 12.3. The van der Waals surface area contributed by atoms with Gasteiger partial charge in [-0.3, -0.25) is 19.3 Å². The van der Waals surface area contributed by atoms with Crippen LogP contribution in [-0.4, -0.2) is 34.5 Å². The van der Waals surface area contributed by atoms with E-state index in [0.717, 1.165) is 4.90 Å². The van der Waals surface area contributed by atoms with E-state index in [-0.39, 0.29) is 24.2 Å². The van der Waals surface area contributed by atoms with E-state index in [9.17, 15) is 14.4 Å². The molecule has 0 spiro atoms. The quantitative estimate of drug-likeness (QED) is 0.663. The van der Waals surface area contributed by atoms with Crippen molar-refractivity contribution in [1.82, 2.24) is 4.90 Å². The summed E-state index contributed by atoms with van der Waals surface area (Å²) in [7, 11) is 0. The van der Waals surface area contributed by atoms with Crippen LogP contribution in [0.15, 0.2) is 24.3 Å². The molecule has 2 N–H and O–H groups in total. The Bertz CT molecular complexity index is 599. The van der Waals surface area contributed by atoms with Gasteiger partial charge in [0.1, 0.15) is 5.60 Å². The Hall–Kier alpha value is -2.21. The third kappa shape index (κ3) is 3.96. The Balaban J connectivity index is 1.90. The van der Waals surface area contributed by atoms with Crippen molar-refractivity contribution in [3.63, 3.8) is 0 Å². The third-order valence-electron chi connectivity index (χ3n) is 3.46. The van der Waals surface area contributed by atoms with E-state index in [1.165, 1.54) is 0 Å². The van der Waals surface area contributed by atoms with E-state index in [1.807, 2.05) is 0 Å². The van der Waals surface area contributed by atoms with Crippen LogP contribution in [0.2, 0.25) is 0 Å². The maximum absolute atomic E-state index is 12.3. The number of nitrogens with zero attached hydrogens (tertiary/aromatic N) is 1. The number of hydrogen-bond donors (Lipinski definition) is 1. The number of imide groups is 1. The molecule has 1 aliphatic heterocycles. The molecule has 1 unspecified atom stereocenters.